The molecule has 1 heterocycles. The maximum absolute atomic E-state index is 5.80. The lowest BCUT2D eigenvalue weighted by atomic mass is 10.0. The van der Waals surface area contributed by atoms with Gasteiger partial charge in [0.2, 0.25) is 0 Å². The van der Waals surface area contributed by atoms with E-state index in [0.717, 1.165) is 25.3 Å². The number of hydrogen-bond acceptors (Lipinski definition) is 2. The highest BCUT2D eigenvalue weighted by molar-refractivity contribution is 5.36. The minimum atomic E-state index is 0.477. The van der Waals surface area contributed by atoms with E-state index in [1.165, 1.54) is 44.1 Å². The van der Waals surface area contributed by atoms with Gasteiger partial charge in [-0.2, -0.15) is 0 Å². The van der Waals surface area contributed by atoms with Crippen LogP contribution < -0.4 is 10.1 Å². The summed E-state index contributed by atoms with van der Waals surface area (Å²) in [6, 6.07) is 8.95. The van der Waals surface area contributed by atoms with E-state index in [-0.39, 0.29) is 0 Å². The SMILES string of the molecule is CCCCCCCNC1CCCOc2ccccc21. The molecule has 1 aliphatic heterocycles. The van der Waals surface area contributed by atoms with Gasteiger partial charge in [0.05, 0.1) is 6.61 Å². The number of para-hydroxylation sites is 1. The van der Waals surface area contributed by atoms with Crippen molar-refractivity contribution in [1.29, 1.82) is 0 Å². The van der Waals surface area contributed by atoms with Crippen LogP contribution in [0.15, 0.2) is 24.3 Å². The van der Waals surface area contributed by atoms with E-state index in [0.29, 0.717) is 6.04 Å². The van der Waals surface area contributed by atoms with E-state index >= 15 is 0 Å². The first kappa shape index (κ1) is 14.4. The first-order valence-corrected chi connectivity index (χ1v) is 7.87. The van der Waals surface area contributed by atoms with Crippen LogP contribution in [0.4, 0.5) is 0 Å². The number of ether oxygens (including phenoxy) is 1. The zero-order valence-electron chi connectivity index (χ0n) is 12.2. The Balaban J connectivity index is 1.79. The van der Waals surface area contributed by atoms with Crippen molar-refractivity contribution < 1.29 is 4.74 Å². The smallest absolute Gasteiger partial charge is 0.124 e. The maximum atomic E-state index is 5.80. The molecule has 1 aliphatic rings. The van der Waals surface area contributed by atoms with Crippen molar-refractivity contribution >= 4 is 0 Å². The number of nitrogens with one attached hydrogen (secondary N) is 1. The van der Waals surface area contributed by atoms with Crippen LogP contribution in [0, 0.1) is 0 Å². The zero-order valence-corrected chi connectivity index (χ0v) is 12.2. The highest BCUT2D eigenvalue weighted by atomic mass is 16.5. The molecule has 1 atom stereocenters. The van der Waals surface area contributed by atoms with Crippen LogP contribution in [0.2, 0.25) is 0 Å². The van der Waals surface area contributed by atoms with Crippen molar-refractivity contribution in [3.8, 4) is 5.75 Å². The summed E-state index contributed by atoms with van der Waals surface area (Å²) >= 11 is 0. The lowest BCUT2D eigenvalue weighted by molar-refractivity contribution is 0.315. The Morgan fingerprint density at radius 1 is 1.16 bits per heavy atom. The fourth-order valence-electron chi connectivity index (χ4n) is 2.74. The van der Waals surface area contributed by atoms with E-state index in [4.69, 9.17) is 4.74 Å². The van der Waals surface area contributed by atoms with Crippen LogP contribution in [-0.4, -0.2) is 13.2 Å². The standard InChI is InChI=1S/C17H27NO/c1-2-3-4-5-8-13-18-16-11-9-14-19-17-12-7-6-10-15(16)17/h6-7,10,12,16,18H,2-5,8-9,11,13-14H2,1H3. The molecule has 0 amide bonds. The Kier molecular flexibility index (Phi) is 6.22. The molecule has 0 saturated heterocycles. The molecule has 2 nitrogen and oxygen atoms in total. The minimum absolute atomic E-state index is 0.477. The fraction of sp³-hybridized carbons (Fsp3) is 0.647. The van der Waals surface area contributed by atoms with Gasteiger partial charge in [-0.15, -0.1) is 0 Å². The van der Waals surface area contributed by atoms with Crippen LogP contribution >= 0.6 is 0 Å². The molecule has 1 aromatic carbocycles. The molecule has 0 aromatic heterocycles. The quantitative estimate of drug-likeness (QED) is 0.732. The molecule has 1 unspecified atom stereocenters. The van der Waals surface area contributed by atoms with E-state index in [1.807, 2.05) is 0 Å². The third kappa shape index (κ3) is 4.54. The summed E-state index contributed by atoms with van der Waals surface area (Å²) in [5.74, 6) is 1.07. The van der Waals surface area contributed by atoms with Crippen molar-refractivity contribution in [1.82, 2.24) is 5.32 Å². The molecule has 1 aromatic rings. The van der Waals surface area contributed by atoms with Gasteiger partial charge in [0.15, 0.2) is 0 Å². The second-order valence-corrected chi connectivity index (χ2v) is 5.45. The minimum Gasteiger partial charge on any atom is -0.493 e. The second kappa shape index (κ2) is 8.21. The summed E-state index contributed by atoms with van der Waals surface area (Å²) in [4.78, 5) is 0. The summed E-state index contributed by atoms with van der Waals surface area (Å²) in [7, 11) is 0. The van der Waals surface area contributed by atoms with Crippen molar-refractivity contribution in [3.63, 3.8) is 0 Å². The summed E-state index contributed by atoms with van der Waals surface area (Å²) in [5, 5.41) is 3.71. The third-order valence-corrected chi connectivity index (χ3v) is 3.86. The fourth-order valence-corrected chi connectivity index (χ4v) is 2.74. The largest absolute Gasteiger partial charge is 0.493 e. The molecule has 0 bridgehead atoms. The third-order valence-electron chi connectivity index (χ3n) is 3.86. The molecule has 1 N–H and O–H groups in total. The highest BCUT2D eigenvalue weighted by Gasteiger charge is 2.18. The van der Waals surface area contributed by atoms with Crippen molar-refractivity contribution in [2.24, 2.45) is 0 Å². The normalized spacial score (nSPS) is 18.5. The second-order valence-electron chi connectivity index (χ2n) is 5.45. The Morgan fingerprint density at radius 2 is 2.00 bits per heavy atom. The van der Waals surface area contributed by atoms with Crippen LogP contribution in [0.1, 0.15) is 63.5 Å². The molecule has 0 saturated carbocycles. The van der Waals surface area contributed by atoms with Crippen LogP contribution in [0.5, 0.6) is 5.75 Å². The van der Waals surface area contributed by atoms with Gasteiger partial charge in [0.1, 0.15) is 5.75 Å². The van der Waals surface area contributed by atoms with Gasteiger partial charge in [-0.3, -0.25) is 0 Å². The molecule has 19 heavy (non-hydrogen) atoms. The molecular formula is C17H27NO. The molecule has 106 valence electrons. The first-order valence-electron chi connectivity index (χ1n) is 7.87. The highest BCUT2D eigenvalue weighted by Crippen LogP contribution is 2.30. The lowest BCUT2D eigenvalue weighted by Gasteiger charge is -2.18. The van der Waals surface area contributed by atoms with Crippen molar-refractivity contribution in [2.75, 3.05) is 13.2 Å². The van der Waals surface area contributed by atoms with Crippen molar-refractivity contribution in [2.45, 2.75) is 57.9 Å². The Labute approximate surface area is 117 Å². The molecule has 2 rings (SSSR count). The van der Waals surface area contributed by atoms with Gasteiger partial charge in [-0.05, 0) is 31.9 Å². The number of benzene rings is 1. The lowest BCUT2D eigenvalue weighted by Crippen LogP contribution is -2.22. The Morgan fingerprint density at radius 3 is 2.89 bits per heavy atom. The van der Waals surface area contributed by atoms with Gasteiger partial charge in [0, 0.05) is 11.6 Å². The van der Waals surface area contributed by atoms with Gasteiger partial charge in [0.25, 0.3) is 0 Å². The number of fused-ring (bicyclic) bond motifs is 1. The maximum Gasteiger partial charge on any atom is 0.124 e. The van der Waals surface area contributed by atoms with Gasteiger partial charge in [-0.25, -0.2) is 0 Å². The Bertz CT molecular complexity index is 364. The monoisotopic (exact) mass is 261 g/mol. The van der Waals surface area contributed by atoms with Crippen LogP contribution in [-0.2, 0) is 0 Å². The molecule has 2 heteroatoms. The van der Waals surface area contributed by atoms with Gasteiger partial charge in [-0.1, -0.05) is 50.8 Å². The average molecular weight is 261 g/mol. The first-order chi connectivity index (χ1) is 9.42. The topological polar surface area (TPSA) is 21.3 Å². The van der Waals surface area contributed by atoms with E-state index < -0.39 is 0 Å². The average Bonchev–Trinajstić information content (AvgIpc) is 2.65. The molecule has 0 fully saturated rings. The van der Waals surface area contributed by atoms with Gasteiger partial charge < -0.3 is 10.1 Å². The predicted molar refractivity (Wildman–Crippen MR) is 80.7 cm³/mol. The summed E-state index contributed by atoms with van der Waals surface area (Å²) < 4.78 is 5.80. The molecule has 0 aliphatic carbocycles. The molecule has 0 radical (unpaired) electrons. The summed E-state index contributed by atoms with van der Waals surface area (Å²) in [6.45, 7) is 4.25. The molecule has 0 spiro atoms. The number of hydrogen-bond donors (Lipinski definition) is 1. The predicted octanol–water partition coefficient (Wildman–Crippen LogP) is 4.46. The zero-order chi connectivity index (χ0) is 13.3. The van der Waals surface area contributed by atoms with Crippen molar-refractivity contribution in [3.05, 3.63) is 29.8 Å². The number of rotatable bonds is 7. The van der Waals surface area contributed by atoms with E-state index in [9.17, 15) is 0 Å². The van der Waals surface area contributed by atoms with Crippen LogP contribution in [0.25, 0.3) is 0 Å². The summed E-state index contributed by atoms with van der Waals surface area (Å²) in [6.07, 6.45) is 9.04. The summed E-state index contributed by atoms with van der Waals surface area (Å²) in [5.41, 5.74) is 1.34. The Hall–Kier alpha value is -1.02. The van der Waals surface area contributed by atoms with Gasteiger partial charge >= 0.3 is 0 Å². The van der Waals surface area contributed by atoms with Crippen LogP contribution in [0.3, 0.4) is 0 Å². The van der Waals surface area contributed by atoms with E-state index in [1.54, 1.807) is 0 Å². The number of unbranched alkanes of at least 4 members (excludes halogenated alkanes) is 4. The van der Waals surface area contributed by atoms with E-state index in [2.05, 4.69) is 36.5 Å². The molecular weight excluding hydrogens is 234 g/mol.